The predicted molar refractivity (Wildman–Crippen MR) is 97.0 cm³/mol. The van der Waals surface area contributed by atoms with Crippen LogP contribution in [0.5, 0.6) is 0 Å². The molecule has 0 aliphatic rings. The number of hydrogen-bond donors (Lipinski definition) is 1. The minimum absolute atomic E-state index is 0.660. The zero-order valence-corrected chi connectivity index (χ0v) is 14.0. The highest BCUT2D eigenvalue weighted by Gasteiger charge is 2.04. The number of aryl methyl sites for hydroxylation is 2. The third-order valence-electron chi connectivity index (χ3n) is 3.60. The third kappa shape index (κ3) is 3.81. The summed E-state index contributed by atoms with van der Waals surface area (Å²) in [4.78, 5) is 13.0. The van der Waals surface area contributed by atoms with Gasteiger partial charge in [0.1, 0.15) is 5.82 Å². The molecule has 120 valence electrons. The lowest BCUT2D eigenvalue weighted by Crippen LogP contribution is -2.03. The molecule has 0 saturated heterocycles. The van der Waals surface area contributed by atoms with Gasteiger partial charge in [0.15, 0.2) is 5.82 Å². The van der Waals surface area contributed by atoms with Crippen molar-refractivity contribution in [3.63, 3.8) is 0 Å². The number of nitrogens with zero attached hydrogens (tertiary/aromatic N) is 4. The molecule has 3 aromatic rings. The van der Waals surface area contributed by atoms with Crippen molar-refractivity contribution in [3.8, 4) is 11.3 Å². The Morgan fingerprint density at radius 3 is 2.54 bits per heavy atom. The Kier molecular flexibility index (Phi) is 4.61. The topological polar surface area (TPSA) is 63.1 Å². The summed E-state index contributed by atoms with van der Waals surface area (Å²) in [5, 5.41) is 4.43. The van der Waals surface area contributed by atoms with E-state index in [0.29, 0.717) is 11.6 Å². The van der Waals surface area contributed by atoms with Crippen LogP contribution < -0.4 is 5.43 Å². The average molecular weight is 317 g/mol. The van der Waals surface area contributed by atoms with Crippen LogP contribution in [-0.2, 0) is 0 Å². The normalized spacial score (nSPS) is 11.4. The maximum absolute atomic E-state index is 4.46. The molecule has 0 bridgehead atoms. The molecule has 0 saturated carbocycles. The summed E-state index contributed by atoms with van der Waals surface area (Å²) in [5.41, 5.74) is 8.00. The maximum Gasteiger partial charge on any atom is 0.150 e. The second-order valence-electron chi connectivity index (χ2n) is 5.60. The maximum atomic E-state index is 4.46. The first-order chi connectivity index (χ1) is 11.6. The number of pyridine rings is 1. The van der Waals surface area contributed by atoms with Crippen molar-refractivity contribution in [3.05, 3.63) is 71.8 Å². The molecule has 3 rings (SSSR count). The molecule has 0 fully saturated rings. The number of rotatable bonds is 4. The average Bonchev–Trinajstić information content (AvgIpc) is 2.60. The highest BCUT2D eigenvalue weighted by atomic mass is 15.3. The highest BCUT2D eigenvalue weighted by Crippen LogP contribution is 2.18. The lowest BCUT2D eigenvalue weighted by Gasteiger charge is -2.07. The zero-order chi connectivity index (χ0) is 16.9. The second kappa shape index (κ2) is 7.00. The van der Waals surface area contributed by atoms with Gasteiger partial charge in [-0.15, -0.1) is 0 Å². The van der Waals surface area contributed by atoms with Gasteiger partial charge in [0.2, 0.25) is 0 Å². The molecule has 1 aromatic carbocycles. The molecule has 0 atom stereocenters. The van der Waals surface area contributed by atoms with E-state index in [0.717, 1.165) is 22.5 Å². The van der Waals surface area contributed by atoms with Crippen molar-refractivity contribution in [2.24, 2.45) is 5.10 Å². The molecule has 1 N–H and O–H groups in total. The van der Waals surface area contributed by atoms with Gasteiger partial charge in [-0.2, -0.15) is 5.10 Å². The van der Waals surface area contributed by atoms with Gasteiger partial charge < -0.3 is 0 Å². The summed E-state index contributed by atoms with van der Waals surface area (Å²) in [6.45, 7) is 5.90. The minimum atomic E-state index is 0.660. The van der Waals surface area contributed by atoms with E-state index < -0.39 is 0 Å². The van der Waals surface area contributed by atoms with Crippen LogP contribution in [-0.4, -0.2) is 20.7 Å². The van der Waals surface area contributed by atoms with Gasteiger partial charge in [-0.3, -0.25) is 10.4 Å². The molecule has 0 amide bonds. The summed E-state index contributed by atoms with van der Waals surface area (Å²) in [5.74, 6) is 1.34. The SMILES string of the molecule is C/C(=N\Nc1cc(-c2cccnc2)nc(C)n1)c1ccc(C)cc1. The van der Waals surface area contributed by atoms with Gasteiger partial charge in [0, 0.05) is 24.0 Å². The summed E-state index contributed by atoms with van der Waals surface area (Å²) in [6, 6.07) is 14.0. The highest BCUT2D eigenvalue weighted by molar-refractivity contribution is 5.99. The molecular formula is C19H19N5. The molecule has 0 aliphatic carbocycles. The van der Waals surface area contributed by atoms with Gasteiger partial charge >= 0.3 is 0 Å². The predicted octanol–water partition coefficient (Wildman–Crippen LogP) is 3.99. The Morgan fingerprint density at radius 1 is 1.04 bits per heavy atom. The van der Waals surface area contributed by atoms with E-state index in [1.807, 2.05) is 32.0 Å². The molecule has 0 aliphatic heterocycles. The lowest BCUT2D eigenvalue weighted by molar-refractivity contribution is 1.05. The summed E-state index contributed by atoms with van der Waals surface area (Å²) < 4.78 is 0. The zero-order valence-electron chi connectivity index (χ0n) is 14.0. The van der Waals surface area contributed by atoms with Crippen molar-refractivity contribution < 1.29 is 0 Å². The summed E-state index contributed by atoms with van der Waals surface area (Å²) >= 11 is 0. The number of aromatic nitrogens is 3. The Labute approximate surface area is 141 Å². The number of anilines is 1. The van der Waals surface area contributed by atoms with E-state index in [1.165, 1.54) is 5.56 Å². The molecule has 2 heterocycles. The van der Waals surface area contributed by atoms with E-state index in [4.69, 9.17) is 0 Å². The first kappa shape index (κ1) is 15.8. The third-order valence-corrected chi connectivity index (χ3v) is 3.60. The van der Waals surface area contributed by atoms with Crippen molar-refractivity contribution in [1.29, 1.82) is 0 Å². The Hall–Kier alpha value is -3.08. The molecule has 2 aromatic heterocycles. The molecule has 24 heavy (non-hydrogen) atoms. The van der Waals surface area contributed by atoms with E-state index in [9.17, 15) is 0 Å². The van der Waals surface area contributed by atoms with Crippen molar-refractivity contribution >= 4 is 11.5 Å². The lowest BCUT2D eigenvalue weighted by atomic mass is 10.1. The number of nitrogens with one attached hydrogen (secondary N) is 1. The molecule has 0 radical (unpaired) electrons. The van der Waals surface area contributed by atoms with Crippen LogP contribution in [0.25, 0.3) is 11.3 Å². The van der Waals surface area contributed by atoms with Gasteiger partial charge in [0.05, 0.1) is 11.4 Å². The van der Waals surface area contributed by atoms with Crippen LogP contribution in [0.2, 0.25) is 0 Å². The Morgan fingerprint density at radius 2 is 1.83 bits per heavy atom. The minimum Gasteiger partial charge on any atom is -0.264 e. The largest absolute Gasteiger partial charge is 0.264 e. The fourth-order valence-corrected chi connectivity index (χ4v) is 2.29. The first-order valence-electron chi connectivity index (χ1n) is 7.75. The standard InChI is InChI=1S/C19H19N5/c1-13-6-8-16(9-7-13)14(2)23-24-19-11-18(21-15(3)22-19)17-5-4-10-20-12-17/h4-12H,1-3H3,(H,21,22,24)/b23-14+. The second-order valence-corrected chi connectivity index (χ2v) is 5.60. The summed E-state index contributed by atoms with van der Waals surface area (Å²) in [7, 11) is 0. The van der Waals surface area contributed by atoms with Crippen LogP contribution in [0.15, 0.2) is 60.0 Å². The van der Waals surface area contributed by atoms with Gasteiger partial charge in [0.25, 0.3) is 0 Å². The Balaban J connectivity index is 1.84. The number of hydrazone groups is 1. The van der Waals surface area contributed by atoms with Gasteiger partial charge in [-0.1, -0.05) is 29.8 Å². The van der Waals surface area contributed by atoms with E-state index in [-0.39, 0.29) is 0 Å². The molecule has 5 nitrogen and oxygen atoms in total. The van der Waals surface area contributed by atoms with Gasteiger partial charge in [-0.25, -0.2) is 9.97 Å². The van der Waals surface area contributed by atoms with Crippen molar-refractivity contribution in [2.75, 3.05) is 5.43 Å². The van der Waals surface area contributed by atoms with Crippen molar-refractivity contribution in [2.45, 2.75) is 20.8 Å². The van der Waals surface area contributed by atoms with E-state index in [2.05, 4.69) is 56.7 Å². The fourth-order valence-electron chi connectivity index (χ4n) is 2.29. The fraction of sp³-hybridized carbons (Fsp3) is 0.158. The molecule has 0 unspecified atom stereocenters. The Bertz CT molecular complexity index is 855. The quantitative estimate of drug-likeness (QED) is 0.584. The number of benzene rings is 1. The monoisotopic (exact) mass is 317 g/mol. The molecule has 0 spiro atoms. The number of hydrogen-bond acceptors (Lipinski definition) is 5. The molecular weight excluding hydrogens is 298 g/mol. The smallest absolute Gasteiger partial charge is 0.150 e. The van der Waals surface area contributed by atoms with E-state index >= 15 is 0 Å². The van der Waals surface area contributed by atoms with E-state index in [1.54, 1.807) is 12.4 Å². The first-order valence-corrected chi connectivity index (χ1v) is 7.75. The van der Waals surface area contributed by atoms with Crippen LogP contribution in [0.1, 0.15) is 23.9 Å². The van der Waals surface area contributed by atoms with Crippen LogP contribution >= 0.6 is 0 Å². The van der Waals surface area contributed by atoms with Crippen molar-refractivity contribution in [1.82, 2.24) is 15.0 Å². The van der Waals surface area contributed by atoms with Crippen LogP contribution in [0.3, 0.4) is 0 Å². The summed E-state index contributed by atoms with van der Waals surface area (Å²) in [6.07, 6.45) is 3.53. The van der Waals surface area contributed by atoms with Crippen LogP contribution in [0.4, 0.5) is 5.82 Å². The van der Waals surface area contributed by atoms with Gasteiger partial charge in [-0.05, 0) is 38.5 Å². The van der Waals surface area contributed by atoms with Crippen LogP contribution in [0, 0.1) is 13.8 Å². The molecule has 5 heteroatoms.